The van der Waals surface area contributed by atoms with Gasteiger partial charge in [-0.1, -0.05) is 30.3 Å². The fourth-order valence-electron chi connectivity index (χ4n) is 2.91. The summed E-state index contributed by atoms with van der Waals surface area (Å²) < 4.78 is 43.5. The number of para-hydroxylation sites is 1. The number of rotatable bonds is 4. The normalized spacial score (nSPS) is 11.8. The molecule has 0 bridgehead atoms. The highest BCUT2D eigenvalue weighted by molar-refractivity contribution is 6.00. The molecule has 0 radical (unpaired) electrons. The smallest absolute Gasteiger partial charge is 0.416 e. The number of carbonyl (C=O) groups is 1. The third-order valence-corrected chi connectivity index (χ3v) is 4.37. The Morgan fingerprint density at radius 2 is 1.80 bits per heavy atom. The zero-order valence-electron chi connectivity index (χ0n) is 15.4. The maximum Gasteiger partial charge on any atom is 0.416 e. The van der Waals surface area contributed by atoms with Gasteiger partial charge in [-0.2, -0.15) is 18.3 Å². The minimum Gasteiger partial charge on any atom is -0.459 e. The van der Waals surface area contributed by atoms with Crippen LogP contribution in [0.4, 0.5) is 13.2 Å². The second-order valence-electron chi connectivity index (χ2n) is 6.37. The van der Waals surface area contributed by atoms with Crippen molar-refractivity contribution in [2.24, 2.45) is 5.10 Å². The van der Waals surface area contributed by atoms with Gasteiger partial charge in [0, 0.05) is 16.5 Å². The zero-order chi connectivity index (χ0) is 21.1. The van der Waals surface area contributed by atoms with Crippen LogP contribution in [-0.4, -0.2) is 17.1 Å². The van der Waals surface area contributed by atoms with Crippen LogP contribution in [0.1, 0.15) is 21.7 Å². The molecule has 0 saturated heterocycles. The topological polar surface area (TPSA) is 67.5 Å². The van der Waals surface area contributed by atoms with Crippen molar-refractivity contribution in [2.45, 2.75) is 6.18 Å². The molecule has 0 unspecified atom stereocenters. The lowest BCUT2D eigenvalue weighted by atomic mass is 10.0. The van der Waals surface area contributed by atoms with E-state index < -0.39 is 17.6 Å². The largest absolute Gasteiger partial charge is 0.459 e. The predicted octanol–water partition coefficient (Wildman–Crippen LogP) is 5.28. The molecule has 2 aromatic carbocycles. The molecule has 4 aromatic rings. The maximum absolute atomic E-state index is 12.8. The average Bonchev–Trinajstić information content (AvgIpc) is 3.28. The number of alkyl halides is 3. The maximum atomic E-state index is 12.8. The van der Waals surface area contributed by atoms with E-state index in [1.165, 1.54) is 30.7 Å². The van der Waals surface area contributed by atoms with Crippen molar-refractivity contribution < 1.29 is 22.4 Å². The highest BCUT2D eigenvalue weighted by atomic mass is 19.4. The average molecular weight is 409 g/mol. The van der Waals surface area contributed by atoms with Crippen molar-refractivity contribution in [3.05, 3.63) is 89.9 Å². The van der Waals surface area contributed by atoms with Crippen LogP contribution in [0.3, 0.4) is 0 Å². The van der Waals surface area contributed by atoms with Gasteiger partial charge in [0.25, 0.3) is 0 Å². The Morgan fingerprint density at radius 3 is 2.50 bits per heavy atom. The number of nitrogens with zero attached hydrogens (tertiary/aromatic N) is 2. The highest BCUT2D eigenvalue weighted by Gasteiger charge is 2.30. The van der Waals surface area contributed by atoms with Crippen LogP contribution in [0, 0.1) is 0 Å². The second-order valence-corrected chi connectivity index (χ2v) is 6.37. The van der Waals surface area contributed by atoms with E-state index in [1.54, 1.807) is 18.2 Å². The van der Waals surface area contributed by atoms with Crippen LogP contribution >= 0.6 is 0 Å². The summed E-state index contributed by atoms with van der Waals surface area (Å²) in [6.07, 6.45) is -1.57. The van der Waals surface area contributed by atoms with Crippen molar-refractivity contribution in [2.75, 3.05) is 0 Å². The molecule has 0 aliphatic rings. The van der Waals surface area contributed by atoms with Gasteiger partial charge in [-0.15, -0.1) is 0 Å². The van der Waals surface area contributed by atoms with E-state index >= 15 is 0 Å². The second kappa shape index (κ2) is 7.82. The minimum atomic E-state index is -4.40. The van der Waals surface area contributed by atoms with E-state index in [1.807, 2.05) is 18.2 Å². The van der Waals surface area contributed by atoms with Crippen LogP contribution in [0.5, 0.6) is 0 Å². The van der Waals surface area contributed by atoms with E-state index in [-0.39, 0.29) is 5.76 Å². The van der Waals surface area contributed by atoms with Gasteiger partial charge in [0.05, 0.1) is 29.3 Å². The molecular weight excluding hydrogens is 395 g/mol. The quantitative estimate of drug-likeness (QED) is 0.368. The predicted molar refractivity (Wildman–Crippen MR) is 106 cm³/mol. The number of benzene rings is 2. The molecule has 0 fully saturated rings. The summed E-state index contributed by atoms with van der Waals surface area (Å²) in [5.74, 6) is -0.380. The Labute approximate surface area is 168 Å². The highest BCUT2D eigenvalue weighted by Crippen LogP contribution is 2.31. The molecule has 5 nitrogen and oxygen atoms in total. The first-order chi connectivity index (χ1) is 14.4. The molecule has 1 N–H and O–H groups in total. The number of hydrogen-bond donors (Lipinski definition) is 1. The van der Waals surface area contributed by atoms with Crippen LogP contribution in [0.15, 0.2) is 82.5 Å². The minimum absolute atomic E-state index is 0.122. The molecule has 8 heteroatoms. The first kappa shape index (κ1) is 19.4. The fraction of sp³-hybridized carbons (Fsp3) is 0.0455. The number of furan rings is 1. The van der Waals surface area contributed by atoms with E-state index in [4.69, 9.17) is 4.42 Å². The van der Waals surface area contributed by atoms with E-state index in [2.05, 4.69) is 15.5 Å². The third-order valence-electron chi connectivity index (χ3n) is 4.37. The van der Waals surface area contributed by atoms with Crippen LogP contribution in [0.2, 0.25) is 0 Å². The molecule has 0 spiro atoms. The van der Waals surface area contributed by atoms with Gasteiger partial charge in [0.1, 0.15) is 0 Å². The number of carbonyl (C=O) groups excluding carboxylic acids is 1. The molecule has 2 heterocycles. The number of aromatic nitrogens is 1. The van der Waals surface area contributed by atoms with Gasteiger partial charge >= 0.3 is 12.1 Å². The number of fused-ring (bicyclic) bond motifs is 1. The molecule has 150 valence electrons. The van der Waals surface area contributed by atoms with Gasteiger partial charge in [-0.3, -0.25) is 4.79 Å². The van der Waals surface area contributed by atoms with Crippen molar-refractivity contribution in [3.8, 4) is 11.3 Å². The third kappa shape index (κ3) is 4.07. The fourth-order valence-corrected chi connectivity index (χ4v) is 2.91. The Morgan fingerprint density at radius 1 is 1.03 bits per heavy atom. The van der Waals surface area contributed by atoms with Crippen LogP contribution in [0.25, 0.3) is 22.2 Å². The lowest BCUT2D eigenvalue weighted by molar-refractivity contribution is -0.137. The first-order valence-electron chi connectivity index (χ1n) is 8.86. The zero-order valence-corrected chi connectivity index (χ0v) is 15.4. The molecular formula is C22H14F3N3O2. The number of nitrogens with one attached hydrogen (secondary N) is 1. The summed E-state index contributed by atoms with van der Waals surface area (Å²) in [5, 5.41) is 4.75. The van der Waals surface area contributed by atoms with Gasteiger partial charge in [0.2, 0.25) is 0 Å². The number of hydrazone groups is 1. The summed E-state index contributed by atoms with van der Waals surface area (Å²) in [6, 6.07) is 16.9. The lowest BCUT2D eigenvalue weighted by Gasteiger charge is -2.09. The molecule has 0 aliphatic heterocycles. The first-order valence-corrected chi connectivity index (χ1v) is 8.86. The Hall–Kier alpha value is -3.94. The van der Waals surface area contributed by atoms with Crippen molar-refractivity contribution in [1.29, 1.82) is 0 Å². The summed E-state index contributed by atoms with van der Waals surface area (Å²) in [4.78, 5) is 16.5. The molecule has 2 aromatic heterocycles. The molecule has 1 amide bonds. The monoisotopic (exact) mass is 409 g/mol. The summed E-state index contributed by atoms with van der Waals surface area (Å²) in [7, 11) is 0. The van der Waals surface area contributed by atoms with Crippen molar-refractivity contribution >= 4 is 23.0 Å². The number of amides is 1. The van der Waals surface area contributed by atoms with E-state index in [0.717, 1.165) is 17.5 Å². The number of hydrogen-bond acceptors (Lipinski definition) is 4. The summed E-state index contributed by atoms with van der Waals surface area (Å²) in [5.41, 5.74) is 3.96. The summed E-state index contributed by atoms with van der Waals surface area (Å²) >= 11 is 0. The Balaban J connectivity index is 1.67. The van der Waals surface area contributed by atoms with Gasteiger partial charge in [-0.05, 0) is 36.4 Å². The van der Waals surface area contributed by atoms with Crippen LogP contribution < -0.4 is 5.43 Å². The van der Waals surface area contributed by atoms with Crippen molar-refractivity contribution in [3.63, 3.8) is 0 Å². The lowest BCUT2D eigenvalue weighted by Crippen LogP contribution is -2.16. The molecule has 30 heavy (non-hydrogen) atoms. The Bertz CT molecular complexity index is 1210. The summed E-state index contributed by atoms with van der Waals surface area (Å²) in [6.45, 7) is 0. The number of pyridine rings is 1. The van der Waals surface area contributed by atoms with Gasteiger partial charge in [0.15, 0.2) is 5.76 Å². The molecule has 0 aliphatic carbocycles. The van der Waals surface area contributed by atoms with E-state index in [0.29, 0.717) is 22.3 Å². The van der Waals surface area contributed by atoms with Gasteiger partial charge in [-0.25, -0.2) is 10.4 Å². The van der Waals surface area contributed by atoms with Gasteiger partial charge < -0.3 is 4.42 Å². The Kier molecular flexibility index (Phi) is 5.05. The van der Waals surface area contributed by atoms with Crippen molar-refractivity contribution in [1.82, 2.24) is 10.4 Å². The SMILES string of the molecule is O=C(N/N=C/c1cc(-c2ccc(C(F)(F)F)cc2)nc2ccccc12)c1ccco1. The standard InChI is InChI=1S/C22H14F3N3O2/c23-22(24,25)16-9-7-14(8-10-16)19-12-15(17-4-1-2-5-18(17)27-19)13-26-28-21(29)20-6-3-11-30-20/h1-13H,(H,28,29)/b26-13+. The van der Waals surface area contributed by atoms with Crippen LogP contribution in [-0.2, 0) is 6.18 Å². The van der Waals surface area contributed by atoms with E-state index in [9.17, 15) is 18.0 Å². The molecule has 0 saturated carbocycles. The molecule has 4 rings (SSSR count). The molecule has 0 atom stereocenters. The number of halogens is 3.